The van der Waals surface area contributed by atoms with Crippen molar-refractivity contribution in [2.24, 2.45) is 0 Å². The maximum absolute atomic E-state index is 11.3. The van der Waals surface area contributed by atoms with Crippen LogP contribution in [-0.4, -0.2) is 21.8 Å². The van der Waals surface area contributed by atoms with Crippen LogP contribution in [0.5, 0.6) is 0 Å². The normalized spacial score (nSPS) is 10.6. The van der Waals surface area contributed by atoms with Crippen molar-refractivity contribution in [3.05, 3.63) is 32.9 Å². The Hall–Kier alpha value is -1.95. The number of hydrogen-bond acceptors (Lipinski definition) is 4. The number of nitrogens with one attached hydrogen (secondary N) is 1. The molecule has 0 aliphatic rings. The Morgan fingerprint density at radius 1 is 1.38 bits per heavy atom. The summed E-state index contributed by atoms with van der Waals surface area (Å²) in [5.41, 5.74) is -0.975. The fourth-order valence-electron chi connectivity index (χ4n) is 1.33. The van der Waals surface area contributed by atoms with Crippen molar-refractivity contribution in [2.75, 3.05) is 0 Å². The van der Waals surface area contributed by atoms with E-state index >= 15 is 0 Å². The summed E-state index contributed by atoms with van der Waals surface area (Å²) < 4.78 is 0. The van der Waals surface area contributed by atoms with Crippen molar-refractivity contribution in [3.63, 3.8) is 0 Å². The number of thiophene rings is 1. The van der Waals surface area contributed by atoms with E-state index in [4.69, 9.17) is 5.11 Å². The van der Waals surface area contributed by atoms with Crippen LogP contribution < -0.4 is 5.56 Å². The number of Topliss-reactive ketones (excluding diaryl/α,β-unsaturated/α-hetero) is 1. The molecule has 82 valence electrons. The zero-order valence-corrected chi connectivity index (χ0v) is 9.05. The third-order valence-corrected chi connectivity index (χ3v) is 3.28. The summed E-state index contributed by atoms with van der Waals surface area (Å²) in [6, 6.07) is 2.85. The molecule has 0 unspecified atom stereocenters. The Labute approximate surface area is 93.3 Å². The van der Waals surface area contributed by atoms with Gasteiger partial charge in [-0.1, -0.05) is 0 Å². The Bertz CT molecular complexity index is 652. The second-order valence-electron chi connectivity index (χ2n) is 3.27. The molecule has 0 fully saturated rings. The minimum Gasteiger partial charge on any atom is -0.477 e. The molecule has 0 saturated heterocycles. The van der Waals surface area contributed by atoms with Crippen molar-refractivity contribution >= 4 is 33.3 Å². The molecule has 0 saturated carbocycles. The first-order chi connectivity index (χ1) is 7.49. The molecule has 0 amide bonds. The SMILES string of the molecule is CC(=O)c1cc2cc(C(=O)O)c(=O)[nH]c2s1. The second-order valence-corrected chi connectivity index (χ2v) is 4.32. The summed E-state index contributed by atoms with van der Waals surface area (Å²) in [5, 5.41) is 9.32. The van der Waals surface area contributed by atoms with Gasteiger partial charge >= 0.3 is 5.97 Å². The number of carbonyl (C=O) groups excluding carboxylic acids is 1. The van der Waals surface area contributed by atoms with Gasteiger partial charge in [0.15, 0.2) is 5.78 Å². The van der Waals surface area contributed by atoms with Crippen LogP contribution in [0.1, 0.15) is 27.0 Å². The number of pyridine rings is 1. The van der Waals surface area contributed by atoms with Crippen LogP contribution in [-0.2, 0) is 0 Å². The molecule has 0 aliphatic heterocycles. The van der Waals surface area contributed by atoms with Gasteiger partial charge in [-0.05, 0) is 19.1 Å². The predicted molar refractivity (Wildman–Crippen MR) is 59.4 cm³/mol. The van der Waals surface area contributed by atoms with Gasteiger partial charge in [0.1, 0.15) is 10.4 Å². The first-order valence-corrected chi connectivity index (χ1v) is 5.22. The van der Waals surface area contributed by atoms with E-state index in [1.165, 1.54) is 13.0 Å². The van der Waals surface area contributed by atoms with Crippen LogP contribution in [0.2, 0.25) is 0 Å². The lowest BCUT2D eigenvalue weighted by molar-refractivity contribution is 0.0695. The van der Waals surface area contributed by atoms with E-state index in [9.17, 15) is 14.4 Å². The first-order valence-electron chi connectivity index (χ1n) is 4.40. The average molecular weight is 237 g/mol. The highest BCUT2D eigenvalue weighted by molar-refractivity contribution is 7.20. The number of aromatic carboxylic acids is 1. The van der Waals surface area contributed by atoms with E-state index in [1.54, 1.807) is 6.07 Å². The van der Waals surface area contributed by atoms with Gasteiger partial charge in [-0.2, -0.15) is 0 Å². The Kier molecular flexibility index (Phi) is 2.35. The van der Waals surface area contributed by atoms with E-state index in [1.807, 2.05) is 0 Å². The summed E-state index contributed by atoms with van der Waals surface area (Å²) in [6.45, 7) is 1.42. The molecule has 5 nitrogen and oxygen atoms in total. The maximum Gasteiger partial charge on any atom is 0.341 e. The summed E-state index contributed by atoms with van der Waals surface area (Å²) in [6.07, 6.45) is 0. The van der Waals surface area contributed by atoms with E-state index in [0.29, 0.717) is 15.1 Å². The third kappa shape index (κ3) is 1.63. The van der Waals surface area contributed by atoms with E-state index in [0.717, 1.165) is 11.3 Å². The van der Waals surface area contributed by atoms with Crippen molar-refractivity contribution in [1.29, 1.82) is 0 Å². The zero-order valence-electron chi connectivity index (χ0n) is 8.23. The standard InChI is InChI=1S/C10H7NO4S/c1-4(12)7-3-5-2-6(10(14)15)8(13)11-9(5)16-7/h2-3H,1H3,(H,11,13)(H,14,15). The molecule has 0 aromatic carbocycles. The molecule has 0 radical (unpaired) electrons. The van der Waals surface area contributed by atoms with Gasteiger partial charge in [-0.3, -0.25) is 9.59 Å². The maximum atomic E-state index is 11.3. The van der Waals surface area contributed by atoms with Crippen LogP contribution in [0.25, 0.3) is 10.2 Å². The number of H-pyrrole nitrogens is 1. The largest absolute Gasteiger partial charge is 0.477 e. The highest BCUT2D eigenvalue weighted by Gasteiger charge is 2.13. The molecule has 0 spiro atoms. The highest BCUT2D eigenvalue weighted by atomic mass is 32.1. The molecule has 2 aromatic heterocycles. The lowest BCUT2D eigenvalue weighted by atomic mass is 10.2. The van der Waals surface area contributed by atoms with Crippen LogP contribution in [0.3, 0.4) is 0 Å². The Morgan fingerprint density at radius 2 is 2.06 bits per heavy atom. The fourth-order valence-corrected chi connectivity index (χ4v) is 2.26. The fraction of sp³-hybridized carbons (Fsp3) is 0.100. The van der Waals surface area contributed by atoms with Crippen LogP contribution >= 0.6 is 11.3 Å². The summed E-state index contributed by atoms with van der Waals surface area (Å²) in [5.74, 6) is -1.39. The molecule has 0 atom stereocenters. The summed E-state index contributed by atoms with van der Waals surface area (Å²) >= 11 is 1.14. The number of carboxylic acids is 1. The van der Waals surface area contributed by atoms with E-state index in [-0.39, 0.29) is 11.3 Å². The molecule has 2 rings (SSSR count). The van der Waals surface area contributed by atoms with Gasteiger partial charge in [0.2, 0.25) is 0 Å². The number of aromatic nitrogens is 1. The Balaban J connectivity index is 2.75. The topological polar surface area (TPSA) is 87.2 Å². The molecular formula is C10H7NO4S. The predicted octanol–water partition coefficient (Wildman–Crippen LogP) is 1.49. The molecule has 6 heteroatoms. The van der Waals surface area contributed by atoms with Crippen molar-refractivity contribution in [1.82, 2.24) is 4.98 Å². The van der Waals surface area contributed by atoms with Crippen LogP contribution in [0.15, 0.2) is 16.9 Å². The van der Waals surface area contributed by atoms with Gasteiger partial charge in [-0.25, -0.2) is 4.79 Å². The number of fused-ring (bicyclic) bond motifs is 1. The number of aromatic amines is 1. The van der Waals surface area contributed by atoms with Crippen LogP contribution in [0, 0.1) is 0 Å². The number of carboxylic acid groups (broad SMARTS) is 1. The molecule has 16 heavy (non-hydrogen) atoms. The molecular weight excluding hydrogens is 230 g/mol. The average Bonchev–Trinajstić information content (AvgIpc) is 2.58. The quantitative estimate of drug-likeness (QED) is 0.774. The Morgan fingerprint density at radius 3 is 2.62 bits per heavy atom. The smallest absolute Gasteiger partial charge is 0.341 e. The van der Waals surface area contributed by atoms with Gasteiger partial charge in [0, 0.05) is 5.39 Å². The summed E-state index contributed by atoms with van der Waals surface area (Å²) in [4.78, 5) is 36.6. The molecule has 0 bridgehead atoms. The molecule has 2 heterocycles. The van der Waals surface area contributed by atoms with Crippen molar-refractivity contribution in [2.45, 2.75) is 6.92 Å². The number of carbonyl (C=O) groups is 2. The minimum atomic E-state index is -1.28. The van der Waals surface area contributed by atoms with E-state index in [2.05, 4.69) is 4.98 Å². The van der Waals surface area contributed by atoms with E-state index < -0.39 is 11.5 Å². The highest BCUT2D eigenvalue weighted by Crippen LogP contribution is 2.23. The first kappa shape index (κ1) is 10.6. The number of rotatable bonds is 2. The van der Waals surface area contributed by atoms with Gasteiger partial charge in [-0.15, -0.1) is 11.3 Å². The minimum absolute atomic E-state index is 0.112. The van der Waals surface area contributed by atoms with Gasteiger partial charge in [0.25, 0.3) is 5.56 Å². The molecule has 2 aromatic rings. The molecule has 2 N–H and O–H groups in total. The van der Waals surface area contributed by atoms with Crippen molar-refractivity contribution < 1.29 is 14.7 Å². The molecule has 0 aliphatic carbocycles. The lowest BCUT2D eigenvalue weighted by Gasteiger charge is -1.92. The van der Waals surface area contributed by atoms with Crippen molar-refractivity contribution in [3.8, 4) is 0 Å². The monoisotopic (exact) mass is 237 g/mol. The second kappa shape index (κ2) is 3.57. The number of hydrogen-bond donors (Lipinski definition) is 2. The number of ketones is 1. The van der Waals surface area contributed by atoms with Crippen LogP contribution in [0.4, 0.5) is 0 Å². The van der Waals surface area contributed by atoms with Gasteiger partial charge < -0.3 is 10.1 Å². The zero-order chi connectivity index (χ0) is 11.9. The lowest BCUT2D eigenvalue weighted by Crippen LogP contribution is -2.16. The van der Waals surface area contributed by atoms with Gasteiger partial charge in [0.05, 0.1) is 4.88 Å². The summed E-state index contributed by atoms with van der Waals surface area (Å²) in [7, 11) is 0. The third-order valence-electron chi connectivity index (χ3n) is 2.11.